The van der Waals surface area contributed by atoms with E-state index >= 15 is 0 Å². The molecule has 0 aliphatic heterocycles. The van der Waals surface area contributed by atoms with Crippen molar-refractivity contribution >= 4 is 5.69 Å². The van der Waals surface area contributed by atoms with Crippen LogP contribution in [-0.4, -0.2) is 11.0 Å². The predicted octanol–water partition coefficient (Wildman–Crippen LogP) is 1.55. The summed E-state index contributed by atoms with van der Waals surface area (Å²) in [6, 6.07) is 3.74. The molecule has 0 bridgehead atoms. The Morgan fingerprint density at radius 2 is 2.21 bits per heavy atom. The summed E-state index contributed by atoms with van der Waals surface area (Å²) in [7, 11) is 0. The van der Waals surface area contributed by atoms with Gasteiger partial charge in [-0.15, -0.1) is 0 Å². The van der Waals surface area contributed by atoms with Gasteiger partial charge < -0.3 is 5.73 Å². The van der Waals surface area contributed by atoms with Crippen LogP contribution in [-0.2, 0) is 0 Å². The molecule has 0 saturated heterocycles. The zero-order valence-electron chi connectivity index (χ0n) is 7.31. The fourth-order valence-corrected chi connectivity index (χ4v) is 1.60. The van der Waals surface area contributed by atoms with E-state index in [-0.39, 0.29) is 23.2 Å². The highest BCUT2D eigenvalue weighted by Gasteiger charge is 2.41. The van der Waals surface area contributed by atoms with Gasteiger partial charge in [-0.05, 0) is 12.5 Å². The Morgan fingerprint density at radius 3 is 2.71 bits per heavy atom. The van der Waals surface area contributed by atoms with Crippen LogP contribution in [0.5, 0.6) is 0 Å². The number of benzene rings is 1. The van der Waals surface area contributed by atoms with Gasteiger partial charge in [0.1, 0.15) is 5.82 Å². The van der Waals surface area contributed by atoms with E-state index in [1.54, 1.807) is 0 Å². The smallest absolute Gasteiger partial charge is 0.275 e. The van der Waals surface area contributed by atoms with Crippen molar-refractivity contribution in [2.24, 2.45) is 5.73 Å². The quantitative estimate of drug-likeness (QED) is 0.576. The molecule has 1 aromatic carbocycles. The normalized spacial score (nSPS) is 24.7. The summed E-state index contributed by atoms with van der Waals surface area (Å²) in [6.45, 7) is 0. The van der Waals surface area contributed by atoms with Gasteiger partial charge in [-0.2, -0.15) is 0 Å². The topological polar surface area (TPSA) is 69.2 Å². The third-order valence-corrected chi connectivity index (χ3v) is 2.44. The summed E-state index contributed by atoms with van der Waals surface area (Å²) < 4.78 is 13.3. The molecule has 14 heavy (non-hydrogen) atoms. The van der Waals surface area contributed by atoms with E-state index in [9.17, 15) is 14.5 Å². The Labute approximate surface area is 79.7 Å². The first-order valence-electron chi connectivity index (χ1n) is 4.29. The molecule has 1 saturated carbocycles. The van der Waals surface area contributed by atoms with E-state index in [0.717, 1.165) is 0 Å². The molecule has 1 aliphatic rings. The van der Waals surface area contributed by atoms with E-state index in [1.165, 1.54) is 18.2 Å². The lowest BCUT2D eigenvalue weighted by Crippen LogP contribution is -2.04. The molecule has 0 unspecified atom stereocenters. The Morgan fingerprint density at radius 1 is 1.57 bits per heavy atom. The van der Waals surface area contributed by atoms with Crippen molar-refractivity contribution in [1.29, 1.82) is 0 Å². The minimum atomic E-state index is -0.566. The van der Waals surface area contributed by atoms with Gasteiger partial charge in [0.05, 0.1) is 10.5 Å². The fraction of sp³-hybridized carbons (Fsp3) is 0.333. The van der Waals surface area contributed by atoms with Gasteiger partial charge in [0.15, 0.2) is 0 Å². The van der Waals surface area contributed by atoms with Gasteiger partial charge >= 0.3 is 0 Å². The Hall–Kier alpha value is -1.49. The zero-order chi connectivity index (χ0) is 10.3. The van der Waals surface area contributed by atoms with Crippen molar-refractivity contribution in [2.75, 3.05) is 0 Å². The van der Waals surface area contributed by atoms with E-state index in [2.05, 4.69) is 0 Å². The SMILES string of the molecule is N[C@@H]1C[C@H]1c1c(F)cccc1[N+](=O)[O-]. The van der Waals surface area contributed by atoms with Gasteiger partial charge in [-0.1, -0.05) is 6.07 Å². The minimum absolute atomic E-state index is 0.134. The lowest BCUT2D eigenvalue weighted by Gasteiger charge is -2.01. The Kier molecular flexibility index (Phi) is 1.96. The summed E-state index contributed by atoms with van der Waals surface area (Å²) in [4.78, 5) is 10.0. The van der Waals surface area contributed by atoms with Gasteiger partial charge in [-0.25, -0.2) is 4.39 Å². The second kappa shape index (κ2) is 3.02. The second-order valence-corrected chi connectivity index (χ2v) is 3.44. The first-order chi connectivity index (χ1) is 6.61. The lowest BCUT2D eigenvalue weighted by molar-refractivity contribution is -0.385. The summed E-state index contributed by atoms with van der Waals surface area (Å²) in [5, 5.41) is 10.6. The number of rotatable bonds is 2. The maximum absolute atomic E-state index is 13.3. The molecule has 5 heteroatoms. The summed E-state index contributed by atoms with van der Waals surface area (Å²) in [5.41, 5.74) is 5.54. The highest BCUT2D eigenvalue weighted by molar-refractivity contribution is 5.46. The first-order valence-corrected chi connectivity index (χ1v) is 4.29. The van der Waals surface area contributed by atoms with Crippen molar-refractivity contribution in [3.05, 3.63) is 39.7 Å². The number of hydrogen-bond acceptors (Lipinski definition) is 3. The van der Waals surface area contributed by atoms with E-state index in [0.29, 0.717) is 6.42 Å². The number of nitrogens with two attached hydrogens (primary N) is 1. The molecule has 1 aliphatic carbocycles. The maximum atomic E-state index is 13.3. The van der Waals surface area contributed by atoms with Crippen molar-refractivity contribution < 1.29 is 9.31 Å². The van der Waals surface area contributed by atoms with Crippen molar-refractivity contribution in [3.8, 4) is 0 Å². The van der Waals surface area contributed by atoms with Crippen LogP contribution in [0.2, 0.25) is 0 Å². The summed E-state index contributed by atoms with van der Waals surface area (Å²) in [5.74, 6) is -0.714. The molecule has 74 valence electrons. The minimum Gasteiger partial charge on any atom is -0.327 e. The monoisotopic (exact) mass is 196 g/mol. The Bertz CT molecular complexity index is 394. The van der Waals surface area contributed by atoms with Crippen molar-refractivity contribution in [1.82, 2.24) is 0 Å². The van der Waals surface area contributed by atoms with Crippen LogP contribution in [0.15, 0.2) is 18.2 Å². The fourth-order valence-electron chi connectivity index (χ4n) is 1.60. The molecular formula is C9H9FN2O2. The van der Waals surface area contributed by atoms with Gasteiger partial charge in [0.25, 0.3) is 5.69 Å². The standard InChI is InChI=1S/C9H9FN2O2/c10-6-2-1-3-8(12(13)14)9(6)5-4-7(5)11/h1-3,5,7H,4,11H2/t5-,7-/m1/s1. The second-order valence-electron chi connectivity index (χ2n) is 3.44. The molecule has 0 spiro atoms. The van der Waals surface area contributed by atoms with Gasteiger partial charge in [-0.3, -0.25) is 10.1 Å². The molecule has 1 fully saturated rings. The summed E-state index contributed by atoms with van der Waals surface area (Å²) in [6.07, 6.45) is 0.627. The maximum Gasteiger partial charge on any atom is 0.275 e. The number of nitrogens with zero attached hydrogens (tertiary/aromatic N) is 1. The lowest BCUT2D eigenvalue weighted by atomic mass is 10.1. The average molecular weight is 196 g/mol. The number of nitro benzene ring substituents is 1. The van der Waals surface area contributed by atoms with Crippen LogP contribution in [0.1, 0.15) is 17.9 Å². The highest BCUT2D eigenvalue weighted by atomic mass is 19.1. The summed E-state index contributed by atoms with van der Waals surface area (Å²) >= 11 is 0. The molecule has 0 amide bonds. The molecular weight excluding hydrogens is 187 g/mol. The number of halogens is 1. The number of nitro groups is 1. The molecule has 2 N–H and O–H groups in total. The van der Waals surface area contributed by atoms with Crippen LogP contribution in [0, 0.1) is 15.9 Å². The van der Waals surface area contributed by atoms with Crippen LogP contribution >= 0.6 is 0 Å². The van der Waals surface area contributed by atoms with E-state index < -0.39 is 10.7 Å². The van der Waals surface area contributed by atoms with Crippen LogP contribution in [0.25, 0.3) is 0 Å². The molecule has 0 aromatic heterocycles. The van der Waals surface area contributed by atoms with Crippen molar-refractivity contribution in [3.63, 3.8) is 0 Å². The average Bonchev–Trinajstić information content (AvgIpc) is 2.81. The molecule has 0 heterocycles. The van der Waals surface area contributed by atoms with E-state index in [4.69, 9.17) is 5.73 Å². The van der Waals surface area contributed by atoms with Crippen LogP contribution < -0.4 is 5.73 Å². The molecule has 1 aromatic rings. The van der Waals surface area contributed by atoms with Gasteiger partial charge in [0.2, 0.25) is 0 Å². The third kappa shape index (κ3) is 1.35. The van der Waals surface area contributed by atoms with Crippen LogP contribution in [0.4, 0.5) is 10.1 Å². The molecule has 2 atom stereocenters. The van der Waals surface area contributed by atoms with Gasteiger partial charge in [0, 0.05) is 18.0 Å². The third-order valence-electron chi connectivity index (χ3n) is 2.44. The molecule has 0 radical (unpaired) electrons. The number of hydrogen-bond donors (Lipinski definition) is 1. The largest absolute Gasteiger partial charge is 0.327 e. The van der Waals surface area contributed by atoms with Crippen molar-refractivity contribution in [2.45, 2.75) is 18.4 Å². The molecule has 2 rings (SSSR count). The predicted molar refractivity (Wildman–Crippen MR) is 48.4 cm³/mol. The first kappa shape index (κ1) is 9.08. The van der Waals surface area contributed by atoms with Crippen LogP contribution in [0.3, 0.4) is 0 Å². The Balaban J connectivity index is 2.49. The zero-order valence-corrected chi connectivity index (χ0v) is 7.31. The highest BCUT2D eigenvalue weighted by Crippen LogP contribution is 2.44. The van der Waals surface area contributed by atoms with E-state index in [1.807, 2.05) is 0 Å². The molecule has 4 nitrogen and oxygen atoms in total.